The summed E-state index contributed by atoms with van der Waals surface area (Å²) >= 11 is 0. The summed E-state index contributed by atoms with van der Waals surface area (Å²) in [6.07, 6.45) is 8.25. The van der Waals surface area contributed by atoms with Crippen LogP contribution in [0.2, 0.25) is 0 Å². The minimum atomic E-state index is 0.674. The Morgan fingerprint density at radius 2 is 1.86 bits per heavy atom. The van der Waals surface area contributed by atoms with Crippen molar-refractivity contribution in [2.45, 2.75) is 38.5 Å². The standard InChI is InChI=1S/C18H23N3/c1-2-14-11-20-18(21-12-14)10-15-5-7-16(8-6-15)17-4-3-9-19-13-17/h5-8,11-12,17,19H,2-4,9-10,13H2,1H3/t17-/m1/s1. The van der Waals surface area contributed by atoms with Crippen LogP contribution in [-0.4, -0.2) is 23.1 Å². The van der Waals surface area contributed by atoms with Crippen molar-refractivity contribution in [3.63, 3.8) is 0 Å². The lowest BCUT2D eigenvalue weighted by Crippen LogP contribution is -2.28. The third-order valence-corrected chi connectivity index (χ3v) is 4.28. The molecule has 110 valence electrons. The number of nitrogens with one attached hydrogen (secondary N) is 1. The van der Waals surface area contributed by atoms with E-state index in [9.17, 15) is 0 Å². The highest BCUT2D eigenvalue weighted by atomic mass is 14.9. The van der Waals surface area contributed by atoms with Gasteiger partial charge in [0.25, 0.3) is 0 Å². The molecule has 3 rings (SSSR count). The van der Waals surface area contributed by atoms with Crippen LogP contribution in [0.5, 0.6) is 0 Å². The quantitative estimate of drug-likeness (QED) is 0.936. The van der Waals surface area contributed by atoms with Crippen LogP contribution >= 0.6 is 0 Å². The third-order valence-electron chi connectivity index (χ3n) is 4.28. The second-order valence-electron chi connectivity index (χ2n) is 5.82. The van der Waals surface area contributed by atoms with Gasteiger partial charge < -0.3 is 5.32 Å². The maximum Gasteiger partial charge on any atom is 0.132 e. The fraction of sp³-hybridized carbons (Fsp3) is 0.444. The highest BCUT2D eigenvalue weighted by molar-refractivity contribution is 5.28. The van der Waals surface area contributed by atoms with Crippen LogP contribution in [0, 0.1) is 0 Å². The van der Waals surface area contributed by atoms with Gasteiger partial charge in [-0.25, -0.2) is 9.97 Å². The molecule has 1 N–H and O–H groups in total. The van der Waals surface area contributed by atoms with Gasteiger partial charge in [-0.1, -0.05) is 31.2 Å². The Balaban J connectivity index is 1.65. The number of nitrogens with zero attached hydrogens (tertiary/aromatic N) is 2. The van der Waals surface area contributed by atoms with Crippen molar-refractivity contribution in [2.75, 3.05) is 13.1 Å². The van der Waals surface area contributed by atoms with Gasteiger partial charge in [-0.2, -0.15) is 0 Å². The van der Waals surface area contributed by atoms with Crippen molar-refractivity contribution >= 4 is 0 Å². The molecule has 0 spiro atoms. The van der Waals surface area contributed by atoms with Gasteiger partial charge >= 0.3 is 0 Å². The fourth-order valence-corrected chi connectivity index (χ4v) is 2.88. The van der Waals surface area contributed by atoms with Gasteiger partial charge in [-0.15, -0.1) is 0 Å². The van der Waals surface area contributed by atoms with E-state index in [1.807, 2.05) is 12.4 Å². The number of benzene rings is 1. The second-order valence-corrected chi connectivity index (χ2v) is 5.82. The largest absolute Gasteiger partial charge is 0.316 e. The molecule has 1 aromatic carbocycles. The summed E-state index contributed by atoms with van der Waals surface area (Å²) in [5.74, 6) is 1.58. The third kappa shape index (κ3) is 3.67. The Morgan fingerprint density at radius 3 is 2.48 bits per heavy atom. The van der Waals surface area contributed by atoms with Crippen LogP contribution in [0.4, 0.5) is 0 Å². The molecule has 1 aromatic heterocycles. The monoisotopic (exact) mass is 281 g/mol. The Kier molecular flexibility index (Phi) is 4.61. The molecule has 2 heterocycles. The summed E-state index contributed by atoms with van der Waals surface area (Å²) in [4.78, 5) is 8.87. The van der Waals surface area contributed by atoms with E-state index in [0.29, 0.717) is 5.92 Å². The minimum absolute atomic E-state index is 0.674. The average molecular weight is 281 g/mol. The summed E-state index contributed by atoms with van der Waals surface area (Å²) in [6.45, 7) is 4.40. The van der Waals surface area contributed by atoms with E-state index in [0.717, 1.165) is 25.2 Å². The van der Waals surface area contributed by atoms with Crippen molar-refractivity contribution in [3.05, 3.63) is 59.2 Å². The molecule has 21 heavy (non-hydrogen) atoms. The van der Waals surface area contributed by atoms with Gasteiger partial charge in [-0.3, -0.25) is 0 Å². The molecule has 3 heteroatoms. The second kappa shape index (κ2) is 6.81. The molecule has 0 aliphatic carbocycles. The molecular formula is C18H23N3. The van der Waals surface area contributed by atoms with Crippen molar-refractivity contribution in [1.29, 1.82) is 0 Å². The lowest BCUT2D eigenvalue weighted by Gasteiger charge is -2.23. The first-order valence-corrected chi connectivity index (χ1v) is 7.94. The first-order valence-electron chi connectivity index (χ1n) is 7.94. The van der Waals surface area contributed by atoms with Gasteiger partial charge in [0.15, 0.2) is 0 Å². The zero-order chi connectivity index (χ0) is 14.5. The maximum atomic E-state index is 4.44. The topological polar surface area (TPSA) is 37.8 Å². The first kappa shape index (κ1) is 14.2. The van der Waals surface area contributed by atoms with Crippen molar-refractivity contribution in [2.24, 2.45) is 0 Å². The van der Waals surface area contributed by atoms with Crippen LogP contribution in [0.25, 0.3) is 0 Å². The zero-order valence-electron chi connectivity index (χ0n) is 12.7. The first-order chi connectivity index (χ1) is 10.3. The van der Waals surface area contributed by atoms with E-state index in [1.165, 1.54) is 36.1 Å². The summed E-state index contributed by atoms with van der Waals surface area (Å²) in [7, 11) is 0. The van der Waals surface area contributed by atoms with Crippen LogP contribution in [-0.2, 0) is 12.8 Å². The van der Waals surface area contributed by atoms with Crippen molar-refractivity contribution < 1.29 is 0 Å². The maximum absolute atomic E-state index is 4.44. The van der Waals surface area contributed by atoms with Crippen molar-refractivity contribution in [3.8, 4) is 0 Å². The summed E-state index contributed by atoms with van der Waals surface area (Å²) in [5, 5.41) is 3.48. The Hall–Kier alpha value is -1.74. The van der Waals surface area contributed by atoms with Crippen LogP contribution < -0.4 is 5.32 Å². The van der Waals surface area contributed by atoms with E-state index in [-0.39, 0.29) is 0 Å². The Bertz CT molecular complexity index is 554. The molecule has 2 aromatic rings. The van der Waals surface area contributed by atoms with E-state index in [4.69, 9.17) is 0 Å². The number of aryl methyl sites for hydroxylation is 1. The van der Waals surface area contributed by atoms with Gasteiger partial charge in [0.2, 0.25) is 0 Å². The molecule has 0 unspecified atom stereocenters. The van der Waals surface area contributed by atoms with Gasteiger partial charge in [0, 0.05) is 25.4 Å². The highest BCUT2D eigenvalue weighted by Crippen LogP contribution is 2.23. The lowest BCUT2D eigenvalue weighted by atomic mass is 9.91. The molecule has 0 bridgehead atoms. The van der Waals surface area contributed by atoms with Crippen LogP contribution in [0.15, 0.2) is 36.7 Å². The number of hydrogen-bond acceptors (Lipinski definition) is 3. The number of aromatic nitrogens is 2. The SMILES string of the molecule is CCc1cnc(Cc2ccc([C@@H]3CCCNC3)cc2)nc1. The molecule has 0 amide bonds. The Labute approximate surface area is 126 Å². The molecule has 1 fully saturated rings. The van der Waals surface area contributed by atoms with Gasteiger partial charge in [0.05, 0.1) is 0 Å². The number of piperidine rings is 1. The number of hydrogen-bond donors (Lipinski definition) is 1. The van der Waals surface area contributed by atoms with Gasteiger partial charge in [0.1, 0.15) is 5.82 Å². The van der Waals surface area contributed by atoms with E-state index < -0.39 is 0 Å². The summed E-state index contributed by atoms with van der Waals surface area (Å²) in [5.41, 5.74) is 3.93. The van der Waals surface area contributed by atoms with E-state index >= 15 is 0 Å². The molecule has 0 saturated carbocycles. The summed E-state index contributed by atoms with van der Waals surface area (Å²) < 4.78 is 0. The average Bonchev–Trinajstić information content (AvgIpc) is 2.57. The predicted molar refractivity (Wildman–Crippen MR) is 85.5 cm³/mol. The molecule has 1 atom stereocenters. The molecular weight excluding hydrogens is 258 g/mol. The van der Waals surface area contributed by atoms with Gasteiger partial charge in [-0.05, 0) is 48.4 Å². The molecule has 0 radical (unpaired) electrons. The van der Waals surface area contributed by atoms with Crippen LogP contribution in [0.1, 0.15) is 48.2 Å². The number of rotatable bonds is 4. The predicted octanol–water partition coefficient (Wildman–Crippen LogP) is 3.10. The molecule has 1 saturated heterocycles. The fourth-order valence-electron chi connectivity index (χ4n) is 2.88. The zero-order valence-corrected chi connectivity index (χ0v) is 12.7. The highest BCUT2D eigenvalue weighted by Gasteiger charge is 2.14. The lowest BCUT2D eigenvalue weighted by molar-refractivity contribution is 0.461. The molecule has 1 aliphatic heterocycles. The Morgan fingerprint density at radius 1 is 1.10 bits per heavy atom. The molecule has 3 nitrogen and oxygen atoms in total. The summed E-state index contributed by atoms with van der Waals surface area (Å²) in [6, 6.07) is 8.99. The minimum Gasteiger partial charge on any atom is -0.316 e. The van der Waals surface area contributed by atoms with Crippen molar-refractivity contribution in [1.82, 2.24) is 15.3 Å². The van der Waals surface area contributed by atoms with E-state index in [1.54, 1.807) is 0 Å². The van der Waals surface area contributed by atoms with E-state index in [2.05, 4.69) is 46.5 Å². The normalized spacial score (nSPS) is 18.6. The smallest absolute Gasteiger partial charge is 0.132 e. The molecule has 1 aliphatic rings. The van der Waals surface area contributed by atoms with Crippen LogP contribution in [0.3, 0.4) is 0 Å².